The van der Waals surface area contributed by atoms with Crippen molar-refractivity contribution in [2.24, 2.45) is 5.92 Å². The summed E-state index contributed by atoms with van der Waals surface area (Å²) in [5.74, 6) is 0.646. The van der Waals surface area contributed by atoms with Gasteiger partial charge in [0, 0.05) is 25.5 Å². The molecule has 0 bridgehead atoms. The van der Waals surface area contributed by atoms with E-state index in [9.17, 15) is 8.42 Å². The highest BCUT2D eigenvalue weighted by molar-refractivity contribution is 7.89. The Bertz CT molecular complexity index is 515. The first kappa shape index (κ1) is 16.9. The topological polar surface area (TPSA) is 71.1 Å². The van der Waals surface area contributed by atoms with Crippen LogP contribution >= 0.6 is 0 Å². The molecule has 0 spiro atoms. The van der Waals surface area contributed by atoms with E-state index in [1.54, 1.807) is 19.3 Å². The number of aromatic nitrogens is 1. The molecule has 114 valence electrons. The summed E-state index contributed by atoms with van der Waals surface area (Å²) in [6.45, 7) is 6.24. The molecule has 0 aliphatic rings. The molecule has 0 saturated heterocycles. The molecule has 2 N–H and O–H groups in total. The van der Waals surface area contributed by atoms with Gasteiger partial charge in [0.05, 0.1) is 5.69 Å². The fourth-order valence-corrected chi connectivity index (χ4v) is 3.45. The quantitative estimate of drug-likeness (QED) is 0.774. The molecule has 1 atom stereocenters. The number of pyridine rings is 1. The molecule has 1 aromatic heterocycles. The third kappa shape index (κ3) is 5.09. The molecule has 0 aliphatic carbocycles. The van der Waals surface area contributed by atoms with Crippen molar-refractivity contribution >= 4 is 15.7 Å². The van der Waals surface area contributed by atoms with Gasteiger partial charge in [0.15, 0.2) is 0 Å². The third-order valence-electron chi connectivity index (χ3n) is 3.12. The lowest BCUT2D eigenvalue weighted by Crippen LogP contribution is -2.33. The van der Waals surface area contributed by atoms with Crippen molar-refractivity contribution < 1.29 is 8.42 Å². The molecule has 0 amide bonds. The van der Waals surface area contributed by atoms with Crippen LogP contribution < -0.4 is 10.0 Å². The fourth-order valence-electron chi connectivity index (χ4n) is 2.02. The predicted molar refractivity (Wildman–Crippen MR) is 82.3 cm³/mol. The van der Waals surface area contributed by atoms with Gasteiger partial charge < -0.3 is 5.32 Å². The summed E-state index contributed by atoms with van der Waals surface area (Å²) in [7, 11) is -1.83. The van der Waals surface area contributed by atoms with Crippen molar-refractivity contribution in [3.63, 3.8) is 0 Å². The lowest BCUT2D eigenvalue weighted by atomic mass is 10.0. The van der Waals surface area contributed by atoms with Gasteiger partial charge >= 0.3 is 0 Å². The number of hydrogen-bond donors (Lipinski definition) is 2. The molecule has 0 radical (unpaired) electrons. The SMILES string of the molecule is CNc1ccncc1S(=O)(=O)NC(C)CCCC(C)C. The number of hydrogen-bond acceptors (Lipinski definition) is 4. The Hall–Kier alpha value is -1.14. The largest absolute Gasteiger partial charge is 0.387 e. The summed E-state index contributed by atoms with van der Waals surface area (Å²) in [5, 5.41) is 2.87. The normalized spacial score (nSPS) is 13.4. The molecular weight excluding hydrogens is 274 g/mol. The molecule has 5 nitrogen and oxygen atoms in total. The Kier molecular flexibility index (Phi) is 6.42. The predicted octanol–water partition coefficient (Wildman–Crippen LogP) is 2.62. The highest BCUT2D eigenvalue weighted by Gasteiger charge is 2.20. The van der Waals surface area contributed by atoms with Gasteiger partial charge in [0.2, 0.25) is 10.0 Å². The molecule has 0 aromatic carbocycles. The smallest absolute Gasteiger partial charge is 0.244 e. The zero-order valence-electron chi connectivity index (χ0n) is 12.7. The van der Waals surface area contributed by atoms with E-state index < -0.39 is 10.0 Å². The molecule has 0 fully saturated rings. The minimum absolute atomic E-state index is 0.0799. The molecule has 6 heteroatoms. The van der Waals surface area contributed by atoms with Crippen LogP contribution in [0.1, 0.15) is 40.0 Å². The van der Waals surface area contributed by atoms with Crippen LogP contribution in [0, 0.1) is 5.92 Å². The minimum Gasteiger partial charge on any atom is -0.387 e. The first-order valence-corrected chi connectivity index (χ1v) is 8.49. The van der Waals surface area contributed by atoms with Crippen LogP contribution in [-0.4, -0.2) is 26.5 Å². The second kappa shape index (κ2) is 7.59. The van der Waals surface area contributed by atoms with Gasteiger partial charge in [-0.15, -0.1) is 0 Å². The fraction of sp³-hybridized carbons (Fsp3) is 0.643. The standard InChI is InChI=1S/C14H25N3O2S/c1-11(2)6-5-7-12(3)17-20(18,19)14-10-16-9-8-13(14)15-4/h8-12,17H,5-7H2,1-4H3,(H,15,16). The van der Waals surface area contributed by atoms with Gasteiger partial charge in [-0.2, -0.15) is 0 Å². The van der Waals surface area contributed by atoms with Crippen molar-refractivity contribution in [2.75, 3.05) is 12.4 Å². The monoisotopic (exact) mass is 299 g/mol. The maximum atomic E-state index is 12.3. The second-order valence-corrected chi connectivity index (χ2v) is 7.15. The van der Waals surface area contributed by atoms with Gasteiger partial charge in [-0.25, -0.2) is 13.1 Å². The van der Waals surface area contributed by atoms with Crippen LogP contribution in [0.15, 0.2) is 23.4 Å². The minimum atomic E-state index is -3.53. The first-order chi connectivity index (χ1) is 9.36. The van der Waals surface area contributed by atoms with Crippen molar-refractivity contribution in [3.05, 3.63) is 18.5 Å². The average Bonchev–Trinajstić information content (AvgIpc) is 2.37. The van der Waals surface area contributed by atoms with Crippen molar-refractivity contribution in [2.45, 2.75) is 51.0 Å². The number of nitrogens with zero attached hydrogens (tertiary/aromatic N) is 1. The molecule has 1 heterocycles. The number of sulfonamides is 1. The molecular formula is C14H25N3O2S. The molecule has 0 aliphatic heterocycles. The lowest BCUT2D eigenvalue weighted by Gasteiger charge is -2.16. The van der Waals surface area contributed by atoms with Crippen molar-refractivity contribution in [1.29, 1.82) is 0 Å². The molecule has 0 saturated carbocycles. The molecule has 1 rings (SSSR count). The Morgan fingerprint density at radius 3 is 2.55 bits per heavy atom. The van der Waals surface area contributed by atoms with Crippen LogP contribution in [-0.2, 0) is 10.0 Å². The van der Waals surface area contributed by atoms with E-state index in [0.717, 1.165) is 19.3 Å². The van der Waals surface area contributed by atoms with E-state index in [-0.39, 0.29) is 10.9 Å². The number of rotatable bonds is 8. The van der Waals surface area contributed by atoms with Crippen LogP contribution in [0.3, 0.4) is 0 Å². The summed E-state index contributed by atoms with van der Waals surface area (Å²) in [5.41, 5.74) is 0.557. The Balaban J connectivity index is 2.69. The number of anilines is 1. The Morgan fingerprint density at radius 1 is 1.25 bits per heavy atom. The summed E-state index contributed by atoms with van der Waals surface area (Å²) in [6, 6.07) is 1.57. The summed E-state index contributed by atoms with van der Waals surface area (Å²) >= 11 is 0. The van der Waals surface area contributed by atoms with Crippen LogP contribution in [0.4, 0.5) is 5.69 Å². The van der Waals surface area contributed by atoms with E-state index in [0.29, 0.717) is 11.6 Å². The summed E-state index contributed by atoms with van der Waals surface area (Å²) in [4.78, 5) is 4.09. The molecule has 20 heavy (non-hydrogen) atoms. The highest BCUT2D eigenvalue weighted by atomic mass is 32.2. The summed E-state index contributed by atoms with van der Waals surface area (Å²) in [6.07, 6.45) is 5.91. The van der Waals surface area contributed by atoms with E-state index in [1.807, 2.05) is 6.92 Å². The number of nitrogens with one attached hydrogen (secondary N) is 2. The zero-order chi connectivity index (χ0) is 15.2. The maximum Gasteiger partial charge on any atom is 0.244 e. The Labute approximate surface area is 122 Å². The van der Waals surface area contributed by atoms with Crippen molar-refractivity contribution in [1.82, 2.24) is 9.71 Å². The second-order valence-electron chi connectivity index (χ2n) is 5.47. The lowest BCUT2D eigenvalue weighted by molar-refractivity contribution is 0.488. The third-order valence-corrected chi connectivity index (χ3v) is 4.74. The van der Waals surface area contributed by atoms with E-state index >= 15 is 0 Å². The van der Waals surface area contributed by atoms with E-state index in [4.69, 9.17) is 0 Å². The van der Waals surface area contributed by atoms with Gasteiger partial charge in [0.25, 0.3) is 0 Å². The van der Waals surface area contributed by atoms with E-state index in [2.05, 4.69) is 28.9 Å². The molecule has 1 unspecified atom stereocenters. The Morgan fingerprint density at radius 2 is 1.95 bits per heavy atom. The van der Waals surface area contributed by atoms with Crippen molar-refractivity contribution in [3.8, 4) is 0 Å². The van der Waals surface area contributed by atoms with E-state index in [1.165, 1.54) is 6.20 Å². The van der Waals surface area contributed by atoms with Gasteiger partial charge in [-0.1, -0.05) is 26.7 Å². The van der Waals surface area contributed by atoms with Crippen LogP contribution in [0.5, 0.6) is 0 Å². The molecule has 1 aromatic rings. The van der Waals surface area contributed by atoms with Gasteiger partial charge in [-0.05, 0) is 25.3 Å². The zero-order valence-corrected chi connectivity index (χ0v) is 13.5. The first-order valence-electron chi connectivity index (χ1n) is 7.01. The maximum absolute atomic E-state index is 12.3. The average molecular weight is 299 g/mol. The summed E-state index contributed by atoms with van der Waals surface area (Å²) < 4.78 is 27.4. The van der Waals surface area contributed by atoms with Gasteiger partial charge in [0.1, 0.15) is 4.90 Å². The highest BCUT2D eigenvalue weighted by Crippen LogP contribution is 2.19. The van der Waals surface area contributed by atoms with Crippen LogP contribution in [0.2, 0.25) is 0 Å². The van der Waals surface area contributed by atoms with Gasteiger partial charge in [-0.3, -0.25) is 4.98 Å². The van der Waals surface area contributed by atoms with Crippen LogP contribution in [0.25, 0.3) is 0 Å².